The van der Waals surface area contributed by atoms with Crippen molar-refractivity contribution in [2.24, 2.45) is 0 Å². The van der Waals surface area contributed by atoms with Crippen LogP contribution >= 0.6 is 0 Å². The van der Waals surface area contributed by atoms with E-state index in [9.17, 15) is 14.3 Å². The van der Waals surface area contributed by atoms with Crippen LogP contribution in [0.1, 0.15) is 53.6 Å². The van der Waals surface area contributed by atoms with Crippen LogP contribution in [0.3, 0.4) is 0 Å². The van der Waals surface area contributed by atoms with Gasteiger partial charge in [-0.25, -0.2) is 14.2 Å². The minimum absolute atomic E-state index is 0.0127. The van der Waals surface area contributed by atoms with Gasteiger partial charge in [0.15, 0.2) is 11.6 Å². The summed E-state index contributed by atoms with van der Waals surface area (Å²) in [6.45, 7) is 5.09. The number of carbonyl (C=O) groups is 1. The van der Waals surface area contributed by atoms with Gasteiger partial charge in [0.2, 0.25) is 0 Å². The second-order valence-electron chi connectivity index (χ2n) is 11.0. The molecule has 0 spiro atoms. The zero-order valence-corrected chi connectivity index (χ0v) is 23.8. The van der Waals surface area contributed by atoms with Gasteiger partial charge in [0.25, 0.3) is 0 Å². The highest BCUT2D eigenvalue weighted by Gasteiger charge is 2.29. The number of ether oxygens (including phenoxy) is 3. The van der Waals surface area contributed by atoms with Crippen molar-refractivity contribution >= 4 is 17.0 Å². The van der Waals surface area contributed by atoms with E-state index in [1.807, 2.05) is 6.07 Å². The van der Waals surface area contributed by atoms with Gasteiger partial charge in [-0.3, -0.25) is 9.88 Å². The van der Waals surface area contributed by atoms with E-state index in [0.717, 1.165) is 55.3 Å². The number of nitriles is 1. The molecule has 3 atom stereocenters. The standard InChI is InChI=1S/C32H32FN5O5/c1-20-12-25(43-24-6-9-35-23(15-24)19-42-30-5-2-21(16-34)13-27(30)33)7-10-37(20)18-31-36-28-4-3-22(32(39)40)14-29(28)38(31)17-26-8-11-41-26/h2-6,9,13-15,20,25-26H,7-8,10-12,17-19H2,1H3,(H,39,40)/t20-,25-,26-/m0/s1. The Kier molecular flexibility index (Phi) is 8.22. The summed E-state index contributed by atoms with van der Waals surface area (Å²) in [4.78, 5) is 23.2. The molecule has 43 heavy (non-hydrogen) atoms. The highest BCUT2D eigenvalue weighted by molar-refractivity contribution is 5.92. The van der Waals surface area contributed by atoms with Gasteiger partial charge >= 0.3 is 5.97 Å². The molecule has 4 aromatic rings. The molecule has 0 bridgehead atoms. The molecule has 2 aliphatic rings. The molecule has 2 fully saturated rings. The predicted octanol–water partition coefficient (Wildman–Crippen LogP) is 4.94. The molecule has 10 nitrogen and oxygen atoms in total. The van der Waals surface area contributed by atoms with Crippen LogP contribution in [0.2, 0.25) is 0 Å². The van der Waals surface area contributed by atoms with Crippen LogP contribution in [0.25, 0.3) is 11.0 Å². The van der Waals surface area contributed by atoms with Gasteiger partial charge in [-0.05, 0) is 68.7 Å². The van der Waals surface area contributed by atoms with Crippen molar-refractivity contribution in [1.29, 1.82) is 5.26 Å². The fraction of sp³-hybridized carbons (Fsp3) is 0.375. The monoisotopic (exact) mass is 585 g/mol. The van der Waals surface area contributed by atoms with Gasteiger partial charge in [0.05, 0.1) is 53.1 Å². The lowest BCUT2D eigenvalue weighted by Crippen LogP contribution is -2.44. The number of aromatic nitrogens is 3. The normalized spacial score (nSPS) is 20.3. The molecule has 1 N–H and O–H groups in total. The first kappa shape index (κ1) is 28.6. The van der Waals surface area contributed by atoms with E-state index in [4.69, 9.17) is 24.5 Å². The highest BCUT2D eigenvalue weighted by atomic mass is 19.1. The summed E-state index contributed by atoms with van der Waals surface area (Å²) in [5.74, 6) is 0.0854. The van der Waals surface area contributed by atoms with Gasteiger partial charge in [-0.2, -0.15) is 5.26 Å². The van der Waals surface area contributed by atoms with Gasteiger partial charge < -0.3 is 23.9 Å². The van der Waals surface area contributed by atoms with Crippen molar-refractivity contribution in [3.63, 3.8) is 0 Å². The van der Waals surface area contributed by atoms with Gasteiger partial charge in [0.1, 0.15) is 24.3 Å². The van der Waals surface area contributed by atoms with Crippen molar-refractivity contribution in [3.05, 3.63) is 83.2 Å². The number of aromatic carboxylic acids is 1. The Hall–Kier alpha value is -4.53. The second-order valence-corrected chi connectivity index (χ2v) is 11.0. The van der Waals surface area contributed by atoms with Crippen LogP contribution in [0, 0.1) is 17.1 Å². The van der Waals surface area contributed by atoms with E-state index in [0.29, 0.717) is 24.5 Å². The van der Waals surface area contributed by atoms with Crippen molar-refractivity contribution in [1.82, 2.24) is 19.4 Å². The van der Waals surface area contributed by atoms with Crippen LogP contribution in [0.15, 0.2) is 54.7 Å². The van der Waals surface area contributed by atoms with E-state index in [2.05, 4.69) is 21.4 Å². The number of pyridine rings is 1. The van der Waals surface area contributed by atoms with E-state index < -0.39 is 11.8 Å². The number of hydrogen-bond donors (Lipinski definition) is 1. The molecule has 0 aliphatic carbocycles. The third-order valence-electron chi connectivity index (χ3n) is 8.09. The Labute approximate surface area is 248 Å². The molecular formula is C32H32FN5O5. The number of hydrogen-bond acceptors (Lipinski definition) is 8. The van der Waals surface area contributed by atoms with E-state index >= 15 is 0 Å². The molecule has 0 unspecified atom stereocenters. The van der Waals surface area contributed by atoms with Gasteiger partial charge in [-0.15, -0.1) is 0 Å². The summed E-state index contributed by atoms with van der Waals surface area (Å²) in [5.41, 5.74) is 2.68. The first-order valence-electron chi connectivity index (χ1n) is 14.4. The lowest BCUT2D eigenvalue weighted by Gasteiger charge is -2.37. The minimum atomic E-state index is -0.958. The fourth-order valence-corrected chi connectivity index (χ4v) is 5.60. The Bertz CT molecular complexity index is 1680. The smallest absolute Gasteiger partial charge is 0.335 e. The SMILES string of the molecule is C[C@H]1C[C@@H](Oc2ccnc(COc3ccc(C#N)cc3F)c2)CCN1Cc1nc2ccc(C(=O)O)cc2n1C[C@@H]1CCO1. The maximum absolute atomic E-state index is 14.2. The maximum Gasteiger partial charge on any atom is 0.335 e. The Morgan fingerprint density at radius 3 is 2.79 bits per heavy atom. The van der Waals surface area contributed by atoms with Crippen LogP contribution in [0.4, 0.5) is 4.39 Å². The first-order chi connectivity index (χ1) is 20.9. The third-order valence-corrected chi connectivity index (χ3v) is 8.09. The lowest BCUT2D eigenvalue weighted by molar-refractivity contribution is -0.0593. The Balaban J connectivity index is 1.09. The third kappa shape index (κ3) is 6.45. The first-order valence-corrected chi connectivity index (χ1v) is 14.4. The Morgan fingerprint density at radius 2 is 2.07 bits per heavy atom. The van der Waals surface area contributed by atoms with Crippen LogP contribution in [0.5, 0.6) is 11.5 Å². The number of piperidine rings is 1. The number of carboxylic acid groups (broad SMARTS) is 1. The van der Waals surface area contributed by atoms with E-state index in [1.165, 1.54) is 12.1 Å². The zero-order valence-electron chi connectivity index (χ0n) is 23.8. The van der Waals surface area contributed by atoms with Crippen molar-refractivity contribution in [2.45, 2.75) is 64.1 Å². The molecule has 2 saturated heterocycles. The summed E-state index contributed by atoms with van der Waals surface area (Å²) in [5, 5.41) is 18.4. The number of benzene rings is 2. The molecule has 2 aromatic heterocycles. The van der Waals surface area contributed by atoms with Crippen LogP contribution < -0.4 is 9.47 Å². The van der Waals surface area contributed by atoms with Gasteiger partial charge in [0, 0.05) is 31.5 Å². The number of imidazole rings is 1. The fourth-order valence-electron chi connectivity index (χ4n) is 5.60. The molecule has 11 heteroatoms. The van der Waals surface area contributed by atoms with Crippen molar-refractivity contribution < 1.29 is 28.5 Å². The molecule has 0 saturated carbocycles. The Morgan fingerprint density at radius 1 is 1.21 bits per heavy atom. The average Bonchev–Trinajstić information content (AvgIpc) is 3.31. The molecule has 0 amide bonds. The number of nitrogens with zero attached hydrogens (tertiary/aromatic N) is 5. The van der Waals surface area contributed by atoms with Crippen LogP contribution in [-0.2, 0) is 24.4 Å². The highest BCUT2D eigenvalue weighted by Crippen LogP contribution is 2.28. The number of fused-ring (bicyclic) bond motifs is 1. The van der Waals surface area contributed by atoms with E-state index in [-0.39, 0.29) is 41.7 Å². The molecule has 0 radical (unpaired) electrons. The van der Waals surface area contributed by atoms with Gasteiger partial charge in [-0.1, -0.05) is 0 Å². The number of likely N-dealkylation sites (tertiary alicyclic amines) is 1. The topological polar surface area (TPSA) is 123 Å². The molecule has 2 aliphatic heterocycles. The quantitative estimate of drug-likeness (QED) is 0.276. The number of carboxylic acids is 1. The molecular weight excluding hydrogens is 553 g/mol. The minimum Gasteiger partial charge on any atom is -0.490 e. The second kappa shape index (κ2) is 12.4. The zero-order chi connectivity index (χ0) is 29.9. The molecule has 2 aromatic carbocycles. The largest absolute Gasteiger partial charge is 0.490 e. The lowest BCUT2D eigenvalue weighted by atomic mass is 10.0. The van der Waals surface area contributed by atoms with E-state index in [1.54, 1.807) is 36.5 Å². The predicted molar refractivity (Wildman–Crippen MR) is 154 cm³/mol. The summed E-state index contributed by atoms with van der Waals surface area (Å²) >= 11 is 0. The summed E-state index contributed by atoms with van der Waals surface area (Å²) in [6, 6.07) is 14.9. The van der Waals surface area contributed by atoms with Crippen molar-refractivity contribution in [3.8, 4) is 17.6 Å². The maximum atomic E-state index is 14.2. The molecule has 4 heterocycles. The van der Waals surface area contributed by atoms with Crippen molar-refractivity contribution in [2.75, 3.05) is 13.2 Å². The summed E-state index contributed by atoms with van der Waals surface area (Å²) < 4.78 is 33.9. The van der Waals surface area contributed by atoms with Crippen LogP contribution in [-0.4, -0.2) is 61.9 Å². The summed E-state index contributed by atoms with van der Waals surface area (Å²) in [6.07, 6.45) is 4.39. The average molecular weight is 586 g/mol. The number of halogens is 1. The summed E-state index contributed by atoms with van der Waals surface area (Å²) in [7, 11) is 0. The number of rotatable bonds is 10. The molecule has 6 rings (SSSR count). The molecule has 222 valence electrons.